The van der Waals surface area contributed by atoms with Gasteiger partial charge in [0, 0.05) is 5.33 Å². The number of benzene rings is 2. The molecule has 2 rings (SSSR count). The molecule has 0 heterocycles. The van der Waals surface area contributed by atoms with Crippen LogP contribution in [-0.4, -0.2) is 5.33 Å². The van der Waals surface area contributed by atoms with E-state index in [4.69, 9.17) is 11.6 Å². The second kappa shape index (κ2) is 6.35. The van der Waals surface area contributed by atoms with Crippen LogP contribution in [-0.2, 0) is 6.42 Å². The van der Waals surface area contributed by atoms with Crippen LogP contribution < -0.4 is 0 Å². The molecule has 0 spiro atoms. The zero-order valence-electron chi connectivity index (χ0n) is 9.74. The third kappa shape index (κ3) is 3.12. The molecule has 0 nitrogen and oxygen atoms in total. The monoisotopic (exact) mass is 326 g/mol. The van der Waals surface area contributed by atoms with E-state index in [2.05, 4.69) is 28.1 Å². The molecule has 0 amide bonds. The van der Waals surface area contributed by atoms with Crippen molar-refractivity contribution in [1.82, 2.24) is 0 Å². The first-order valence-electron chi connectivity index (χ1n) is 5.76. The Hall–Kier alpha value is -0.860. The molecule has 0 saturated carbocycles. The van der Waals surface area contributed by atoms with Crippen molar-refractivity contribution < 1.29 is 4.39 Å². The minimum Gasteiger partial charge on any atom is -0.205 e. The SMILES string of the molecule is Fc1cccc(CC(CBr)c2ccccc2)c1Cl. The second-order valence-electron chi connectivity index (χ2n) is 4.18. The predicted octanol–water partition coefficient (Wildman–Crippen LogP) is 5.20. The Morgan fingerprint density at radius 3 is 2.44 bits per heavy atom. The first kappa shape index (κ1) is 13.6. The average Bonchev–Trinajstić information content (AvgIpc) is 2.41. The summed E-state index contributed by atoms with van der Waals surface area (Å²) in [5.41, 5.74) is 2.08. The molecule has 0 aromatic heterocycles. The van der Waals surface area contributed by atoms with Crippen molar-refractivity contribution in [1.29, 1.82) is 0 Å². The predicted molar refractivity (Wildman–Crippen MR) is 78.1 cm³/mol. The van der Waals surface area contributed by atoms with Gasteiger partial charge in [-0.3, -0.25) is 0 Å². The van der Waals surface area contributed by atoms with E-state index in [0.717, 1.165) is 17.3 Å². The van der Waals surface area contributed by atoms with Crippen LogP contribution in [0.25, 0.3) is 0 Å². The molecule has 2 aromatic rings. The highest BCUT2D eigenvalue weighted by Gasteiger charge is 2.14. The Kier molecular flexibility index (Phi) is 4.79. The van der Waals surface area contributed by atoms with Crippen molar-refractivity contribution in [2.45, 2.75) is 12.3 Å². The Morgan fingerprint density at radius 1 is 1.06 bits per heavy atom. The van der Waals surface area contributed by atoms with Crippen LogP contribution in [0.2, 0.25) is 5.02 Å². The molecule has 0 aliphatic rings. The Morgan fingerprint density at radius 2 is 1.78 bits per heavy atom. The van der Waals surface area contributed by atoms with E-state index in [-0.39, 0.29) is 10.8 Å². The van der Waals surface area contributed by atoms with Gasteiger partial charge in [0.15, 0.2) is 0 Å². The molecule has 18 heavy (non-hydrogen) atoms. The van der Waals surface area contributed by atoms with Gasteiger partial charge >= 0.3 is 0 Å². The summed E-state index contributed by atoms with van der Waals surface area (Å²) in [5, 5.41) is 1.06. The summed E-state index contributed by atoms with van der Waals surface area (Å²) in [6.07, 6.45) is 0.728. The summed E-state index contributed by atoms with van der Waals surface area (Å²) < 4.78 is 13.4. The van der Waals surface area contributed by atoms with Gasteiger partial charge in [-0.25, -0.2) is 4.39 Å². The zero-order valence-corrected chi connectivity index (χ0v) is 12.1. The number of hydrogen-bond donors (Lipinski definition) is 0. The fraction of sp³-hybridized carbons (Fsp3) is 0.200. The smallest absolute Gasteiger partial charge is 0.142 e. The van der Waals surface area contributed by atoms with Crippen LogP contribution in [0.5, 0.6) is 0 Å². The molecule has 3 heteroatoms. The Bertz CT molecular complexity index is 513. The van der Waals surface area contributed by atoms with Crippen LogP contribution in [0, 0.1) is 5.82 Å². The highest BCUT2D eigenvalue weighted by atomic mass is 79.9. The molecule has 1 unspecified atom stereocenters. The number of halogens is 3. The van der Waals surface area contributed by atoms with Gasteiger partial charge in [0.25, 0.3) is 0 Å². The highest BCUT2D eigenvalue weighted by Crippen LogP contribution is 2.28. The normalized spacial score (nSPS) is 12.4. The van der Waals surface area contributed by atoms with Crippen molar-refractivity contribution in [3.63, 3.8) is 0 Å². The average molecular weight is 328 g/mol. The Labute approximate surface area is 120 Å². The third-order valence-corrected chi connectivity index (χ3v) is 4.16. The first-order chi connectivity index (χ1) is 8.72. The number of rotatable bonds is 4. The maximum atomic E-state index is 13.4. The summed E-state index contributed by atoms with van der Waals surface area (Å²) in [5.74, 6) is -0.0546. The van der Waals surface area contributed by atoms with E-state index in [0.29, 0.717) is 5.92 Å². The molecule has 0 fully saturated rings. The topological polar surface area (TPSA) is 0 Å². The molecular formula is C15H13BrClF. The first-order valence-corrected chi connectivity index (χ1v) is 7.26. The van der Waals surface area contributed by atoms with E-state index in [9.17, 15) is 4.39 Å². The van der Waals surface area contributed by atoms with Crippen LogP contribution in [0.4, 0.5) is 4.39 Å². The lowest BCUT2D eigenvalue weighted by atomic mass is 9.94. The summed E-state index contributed by atoms with van der Waals surface area (Å²) >= 11 is 9.51. The van der Waals surface area contributed by atoms with Crippen LogP contribution in [0.15, 0.2) is 48.5 Å². The van der Waals surface area contributed by atoms with Gasteiger partial charge in [-0.1, -0.05) is 70.0 Å². The summed E-state index contributed by atoms with van der Waals surface area (Å²) in [6, 6.07) is 15.1. The van der Waals surface area contributed by atoms with Gasteiger partial charge in [0.2, 0.25) is 0 Å². The zero-order chi connectivity index (χ0) is 13.0. The fourth-order valence-corrected chi connectivity index (χ4v) is 2.76. The van der Waals surface area contributed by atoms with Crippen molar-refractivity contribution in [2.24, 2.45) is 0 Å². The third-order valence-electron chi connectivity index (χ3n) is 2.96. The fourth-order valence-electron chi connectivity index (χ4n) is 1.96. The van der Waals surface area contributed by atoms with E-state index in [1.807, 2.05) is 24.3 Å². The number of alkyl halides is 1. The van der Waals surface area contributed by atoms with Crippen molar-refractivity contribution in [3.8, 4) is 0 Å². The molecule has 0 saturated heterocycles. The van der Waals surface area contributed by atoms with Gasteiger partial charge in [-0.15, -0.1) is 0 Å². The maximum absolute atomic E-state index is 13.4. The summed E-state index contributed by atoms with van der Waals surface area (Å²) in [7, 11) is 0. The molecular weight excluding hydrogens is 315 g/mol. The van der Waals surface area contributed by atoms with E-state index in [1.165, 1.54) is 11.6 Å². The lowest BCUT2D eigenvalue weighted by Gasteiger charge is -2.15. The minimum atomic E-state index is -0.351. The summed E-state index contributed by atoms with van der Waals surface area (Å²) in [4.78, 5) is 0. The van der Waals surface area contributed by atoms with E-state index in [1.54, 1.807) is 6.07 Å². The Balaban J connectivity index is 2.24. The molecule has 0 N–H and O–H groups in total. The van der Waals surface area contributed by atoms with Crippen molar-refractivity contribution >= 4 is 27.5 Å². The van der Waals surface area contributed by atoms with Gasteiger partial charge in [-0.05, 0) is 29.5 Å². The minimum absolute atomic E-state index is 0.236. The number of hydrogen-bond acceptors (Lipinski definition) is 0. The van der Waals surface area contributed by atoms with Gasteiger partial charge in [0.05, 0.1) is 5.02 Å². The van der Waals surface area contributed by atoms with Crippen LogP contribution in [0.3, 0.4) is 0 Å². The maximum Gasteiger partial charge on any atom is 0.142 e. The second-order valence-corrected chi connectivity index (χ2v) is 5.20. The molecule has 1 atom stereocenters. The van der Waals surface area contributed by atoms with Crippen LogP contribution in [0.1, 0.15) is 17.0 Å². The lowest BCUT2D eigenvalue weighted by Crippen LogP contribution is -2.05. The van der Waals surface area contributed by atoms with Gasteiger partial charge < -0.3 is 0 Å². The largest absolute Gasteiger partial charge is 0.205 e. The van der Waals surface area contributed by atoms with E-state index < -0.39 is 0 Å². The quantitative estimate of drug-likeness (QED) is 0.677. The molecule has 0 aliphatic carbocycles. The van der Waals surface area contributed by atoms with Crippen LogP contribution >= 0.6 is 27.5 Å². The van der Waals surface area contributed by atoms with Crippen molar-refractivity contribution in [3.05, 3.63) is 70.5 Å². The van der Waals surface area contributed by atoms with Gasteiger partial charge in [-0.2, -0.15) is 0 Å². The molecule has 0 radical (unpaired) electrons. The lowest BCUT2D eigenvalue weighted by molar-refractivity contribution is 0.624. The van der Waals surface area contributed by atoms with Gasteiger partial charge in [0.1, 0.15) is 5.82 Å². The standard InChI is InChI=1S/C15H13BrClF/c16-10-13(11-5-2-1-3-6-11)9-12-7-4-8-14(18)15(12)17/h1-8,13H,9-10H2. The molecule has 0 bridgehead atoms. The molecule has 0 aliphatic heterocycles. The van der Waals surface area contributed by atoms with E-state index >= 15 is 0 Å². The molecule has 94 valence electrons. The highest BCUT2D eigenvalue weighted by molar-refractivity contribution is 9.09. The summed E-state index contributed by atoms with van der Waals surface area (Å²) in [6.45, 7) is 0. The molecule has 2 aromatic carbocycles. The van der Waals surface area contributed by atoms with Crippen molar-refractivity contribution in [2.75, 3.05) is 5.33 Å².